The van der Waals surface area contributed by atoms with Gasteiger partial charge in [0.1, 0.15) is 0 Å². The quantitative estimate of drug-likeness (QED) is 0.759. The van der Waals surface area contributed by atoms with Crippen LogP contribution in [0.4, 0.5) is 8.78 Å². The molecule has 0 aliphatic heterocycles. The molecule has 3 aliphatic carbocycles. The van der Waals surface area contributed by atoms with Crippen LogP contribution in [-0.2, 0) is 0 Å². The van der Waals surface area contributed by atoms with Crippen molar-refractivity contribution in [3.05, 3.63) is 0 Å². The Hall–Kier alpha value is -0.180. The van der Waals surface area contributed by atoms with Crippen LogP contribution in [0, 0.1) is 17.3 Å². The van der Waals surface area contributed by atoms with Crippen LogP contribution in [0.15, 0.2) is 0 Å². The SMILES string of the molecule is CC(CNC1CC1)(CC1CCC(F)(F)C1)C1CC1. The number of hydrogen-bond donors (Lipinski definition) is 1. The molecule has 104 valence electrons. The summed E-state index contributed by atoms with van der Waals surface area (Å²) in [7, 11) is 0. The van der Waals surface area contributed by atoms with Crippen molar-refractivity contribution < 1.29 is 8.78 Å². The zero-order valence-electron chi connectivity index (χ0n) is 11.4. The van der Waals surface area contributed by atoms with Gasteiger partial charge in [0, 0.05) is 25.4 Å². The summed E-state index contributed by atoms with van der Waals surface area (Å²) in [5, 5.41) is 3.63. The van der Waals surface area contributed by atoms with Gasteiger partial charge in [-0.05, 0) is 55.8 Å². The number of nitrogens with one attached hydrogen (secondary N) is 1. The third kappa shape index (κ3) is 3.04. The van der Waals surface area contributed by atoms with Crippen molar-refractivity contribution in [1.82, 2.24) is 5.32 Å². The Kier molecular flexibility index (Phi) is 3.16. The van der Waals surface area contributed by atoms with Gasteiger partial charge >= 0.3 is 0 Å². The van der Waals surface area contributed by atoms with Crippen molar-refractivity contribution in [1.29, 1.82) is 0 Å². The summed E-state index contributed by atoms with van der Waals surface area (Å²) >= 11 is 0. The highest BCUT2D eigenvalue weighted by atomic mass is 19.3. The maximum Gasteiger partial charge on any atom is 0.248 e. The van der Waals surface area contributed by atoms with Gasteiger partial charge in [-0.15, -0.1) is 0 Å². The van der Waals surface area contributed by atoms with Crippen LogP contribution >= 0.6 is 0 Å². The molecule has 0 aromatic heterocycles. The Morgan fingerprint density at radius 3 is 2.39 bits per heavy atom. The van der Waals surface area contributed by atoms with Crippen molar-refractivity contribution in [3.8, 4) is 0 Å². The first-order valence-electron chi connectivity index (χ1n) is 7.58. The standard InChI is InChI=1S/C15H25F2N/c1-14(12-2-3-12,10-18-13-4-5-13)8-11-6-7-15(16,17)9-11/h11-13,18H,2-10H2,1H3. The molecule has 3 rings (SSSR count). The van der Waals surface area contributed by atoms with Gasteiger partial charge in [-0.3, -0.25) is 0 Å². The van der Waals surface area contributed by atoms with Crippen LogP contribution in [0.5, 0.6) is 0 Å². The van der Waals surface area contributed by atoms with Gasteiger partial charge in [-0.25, -0.2) is 8.78 Å². The first kappa shape index (κ1) is 12.8. The predicted octanol–water partition coefficient (Wildman–Crippen LogP) is 3.98. The Balaban J connectivity index is 1.55. The van der Waals surface area contributed by atoms with Gasteiger partial charge in [-0.2, -0.15) is 0 Å². The lowest BCUT2D eigenvalue weighted by atomic mass is 9.76. The summed E-state index contributed by atoms with van der Waals surface area (Å²) in [4.78, 5) is 0. The molecule has 3 heteroatoms. The number of alkyl halides is 2. The van der Waals surface area contributed by atoms with Crippen molar-refractivity contribution in [2.45, 2.75) is 70.3 Å². The van der Waals surface area contributed by atoms with E-state index in [-0.39, 0.29) is 24.2 Å². The van der Waals surface area contributed by atoms with E-state index in [0.717, 1.165) is 31.3 Å². The van der Waals surface area contributed by atoms with E-state index < -0.39 is 5.92 Å². The highest BCUT2D eigenvalue weighted by Gasteiger charge is 2.47. The highest BCUT2D eigenvalue weighted by Crippen LogP contribution is 2.52. The number of halogens is 2. The molecule has 0 saturated heterocycles. The van der Waals surface area contributed by atoms with Gasteiger partial charge in [0.05, 0.1) is 0 Å². The van der Waals surface area contributed by atoms with E-state index in [1.54, 1.807) is 0 Å². The molecule has 0 spiro atoms. The van der Waals surface area contributed by atoms with E-state index in [4.69, 9.17) is 0 Å². The summed E-state index contributed by atoms with van der Waals surface area (Å²) < 4.78 is 26.6. The lowest BCUT2D eigenvalue weighted by Gasteiger charge is -2.33. The molecule has 0 aromatic rings. The molecule has 3 aliphatic rings. The van der Waals surface area contributed by atoms with E-state index >= 15 is 0 Å². The molecule has 1 N–H and O–H groups in total. The zero-order valence-corrected chi connectivity index (χ0v) is 11.4. The van der Waals surface area contributed by atoms with Crippen molar-refractivity contribution in [2.75, 3.05) is 6.54 Å². The smallest absolute Gasteiger partial charge is 0.248 e. The average molecular weight is 257 g/mol. The summed E-state index contributed by atoms with van der Waals surface area (Å²) in [5.41, 5.74) is 0.272. The molecule has 2 atom stereocenters. The fourth-order valence-electron chi connectivity index (χ4n) is 3.70. The van der Waals surface area contributed by atoms with Gasteiger partial charge in [0.2, 0.25) is 5.92 Å². The number of rotatable bonds is 6. The minimum atomic E-state index is -2.38. The second kappa shape index (κ2) is 4.43. The fraction of sp³-hybridized carbons (Fsp3) is 1.00. The van der Waals surface area contributed by atoms with E-state index in [0.29, 0.717) is 0 Å². The number of hydrogen-bond acceptors (Lipinski definition) is 1. The van der Waals surface area contributed by atoms with Crippen LogP contribution in [-0.4, -0.2) is 18.5 Å². The first-order valence-corrected chi connectivity index (χ1v) is 7.58. The van der Waals surface area contributed by atoms with Gasteiger partial charge in [0.25, 0.3) is 0 Å². The fourth-order valence-corrected chi connectivity index (χ4v) is 3.70. The molecule has 0 bridgehead atoms. The third-order valence-electron chi connectivity index (χ3n) is 5.20. The summed E-state index contributed by atoms with van der Waals surface area (Å²) in [6.07, 6.45) is 7.24. The zero-order chi connectivity index (χ0) is 12.8. The van der Waals surface area contributed by atoms with E-state index in [9.17, 15) is 8.78 Å². The van der Waals surface area contributed by atoms with Crippen molar-refractivity contribution >= 4 is 0 Å². The van der Waals surface area contributed by atoms with Gasteiger partial charge < -0.3 is 5.32 Å². The van der Waals surface area contributed by atoms with Crippen LogP contribution in [0.2, 0.25) is 0 Å². The summed E-state index contributed by atoms with van der Waals surface area (Å²) in [6.45, 7) is 3.38. The average Bonchev–Trinajstić information content (AvgIpc) is 3.14. The Morgan fingerprint density at radius 1 is 1.17 bits per heavy atom. The molecule has 0 heterocycles. The first-order chi connectivity index (χ1) is 8.47. The second-order valence-electron chi connectivity index (χ2n) is 7.25. The van der Waals surface area contributed by atoms with E-state index in [1.165, 1.54) is 25.7 Å². The molecule has 3 saturated carbocycles. The molecular weight excluding hydrogens is 232 g/mol. The largest absolute Gasteiger partial charge is 0.313 e. The van der Waals surface area contributed by atoms with Gasteiger partial charge in [-0.1, -0.05) is 6.92 Å². The molecule has 1 nitrogen and oxygen atoms in total. The molecule has 18 heavy (non-hydrogen) atoms. The van der Waals surface area contributed by atoms with Crippen LogP contribution < -0.4 is 5.32 Å². The topological polar surface area (TPSA) is 12.0 Å². The molecule has 2 unspecified atom stereocenters. The molecule has 0 aromatic carbocycles. The minimum absolute atomic E-state index is 0.120. The molecule has 3 fully saturated rings. The monoisotopic (exact) mass is 257 g/mol. The maximum atomic E-state index is 13.3. The van der Waals surface area contributed by atoms with Gasteiger partial charge in [0.15, 0.2) is 0 Å². The normalized spacial score (nSPS) is 34.5. The predicted molar refractivity (Wildman–Crippen MR) is 68.8 cm³/mol. The van der Waals surface area contributed by atoms with E-state index in [2.05, 4.69) is 12.2 Å². The maximum absolute atomic E-state index is 13.3. The molecular formula is C15H25F2N. The van der Waals surface area contributed by atoms with Crippen LogP contribution in [0.25, 0.3) is 0 Å². The van der Waals surface area contributed by atoms with Crippen molar-refractivity contribution in [2.24, 2.45) is 17.3 Å². The minimum Gasteiger partial charge on any atom is -0.313 e. The lowest BCUT2D eigenvalue weighted by Crippen LogP contribution is -2.36. The van der Waals surface area contributed by atoms with Crippen LogP contribution in [0.3, 0.4) is 0 Å². The Morgan fingerprint density at radius 2 is 1.89 bits per heavy atom. The second-order valence-corrected chi connectivity index (χ2v) is 7.25. The Bertz CT molecular complexity index is 310. The van der Waals surface area contributed by atoms with E-state index in [1.807, 2.05) is 0 Å². The lowest BCUT2D eigenvalue weighted by molar-refractivity contribution is 0.00243. The molecule has 0 radical (unpaired) electrons. The Labute approximate surface area is 109 Å². The van der Waals surface area contributed by atoms with Crippen LogP contribution in [0.1, 0.15) is 58.3 Å². The third-order valence-corrected chi connectivity index (χ3v) is 5.20. The highest BCUT2D eigenvalue weighted by molar-refractivity contribution is 4.97. The summed E-state index contributed by atoms with van der Waals surface area (Å²) in [6, 6.07) is 0.730. The van der Waals surface area contributed by atoms with Crippen molar-refractivity contribution in [3.63, 3.8) is 0 Å². The molecule has 0 amide bonds. The summed E-state index contributed by atoms with van der Waals surface area (Å²) in [5.74, 6) is -1.33.